The molecule has 0 unspecified atom stereocenters. The molecule has 59 heavy (non-hydrogen) atoms. The fourth-order valence-corrected chi connectivity index (χ4v) is 8.32. The van der Waals surface area contributed by atoms with Gasteiger partial charge >= 0.3 is 0 Å². The topological polar surface area (TPSA) is 14.7 Å². The van der Waals surface area contributed by atoms with Crippen molar-refractivity contribution in [3.05, 3.63) is 242 Å². The van der Waals surface area contributed by atoms with Gasteiger partial charge in [-0.25, -0.2) is 0 Å². The minimum atomic E-state index is 1.04. The van der Waals surface area contributed by atoms with E-state index in [9.17, 15) is 0 Å². The summed E-state index contributed by atoms with van der Waals surface area (Å²) in [4.78, 5) is 7.10. The number of benzene rings is 9. The molecule has 9 aromatic carbocycles. The van der Waals surface area contributed by atoms with E-state index in [1.165, 1.54) is 16.3 Å². The molecular weight excluding hydrogens is 717 g/mol. The summed E-state index contributed by atoms with van der Waals surface area (Å²) in [5.41, 5.74) is 14.3. The van der Waals surface area contributed by atoms with Gasteiger partial charge in [0.2, 0.25) is 0 Å². The number of nitrogens with zero attached hydrogens (tertiary/aromatic N) is 4. The highest BCUT2D eigenvalue weighted by Crippen LogP contribution is 2.46. The summed E-state index contributed by atoms with van der Waals surface area (Å²) >= 11 is 0. The number of rotatable bonds is 10. The Kier molecular flexibility index (Phi) is 9.41. The molecule has 0 N–H and O–H groups in total. The van der Waals surface area contributed by atoms with Crippen molar-refractivity contribution in [2.45, 2.75) is 6.92 Å². The molecule has 0 saturated heterocycles. The zero-order valence-electron chi connectivity index (χ0n) is 32.8. The summed E-state index contributed by atoms with van der Waals surface area (Å²) in [5.74, 6) is 0. The molecule has 4 heteroatoms. The van der Waals surface area contributed by atoms with E-state index in [1.54, 1.807) is 0 Å². The molecule has 4 nitrogen and oxygen atoms in total. The summed E-state index contributed by atoms with van der Waals surface area (Å²) < 4.78 is 2.42. The van der Waals surface area contributed by atoms with Crippen LogP contribution < -0.4 is 14.7 Å². The van der Waals surface area contributed by atoms with Crippen LogP contribution in [0.25, 0.3) is 27.5 Å². The highest BCUT2D eigenvalue weighted by molar-refractivity contribution is 6.14. The highest BCUT2D eigenvalue weighted by atomic mass is 15.2. The van der Waals surface area contributed by atoms with Gasteiger partial charge in [0.15, 0.2) is 0 Å². The van der Waals surface area contributed by atoms with Crippen molar-refractivity contribution >= 4 is 73.0 Å². The third-order valence-electron chi connectivity index (χ3n) is 11.0. The lowest BCUT2D eigenvalue weighted by molar-refractivity contribution is 1.16. The molecule has 0 bridgehead atoms. The average Bonchev–Trinajstić information content (AvgIpc) is 3.64. The van der Waals surface area contributed by atoms with E-state index < -0.39 is 0 Å². The lowest BCUT2D eigenvalue weighted by Gasteiger charge is -2.31. The van der Waals surface area contributed by atoms with Crippen LogP contribution in [0.4, 0.5) is 51.2 Å². The van der Waals surface area contributed by atoms with Crippen LogP contribution in [0.2, 0.25) is 0 Å². The van der Waals surface area contributed by atoms with Crippen molar-refractivity contribution in [2.24, 2.45) is 0 Å². The second-order valence-corrected chi connectivity index (χ2v) is 14.7. The summed E-state index contributed by atoms with van der Waals surface area (Å²) in [7, 11) is 0. The van der Waals surface area contributed by atoms with E-state index in [1.807, 2.05) is 0 Å². The van der Waals surface area contributed by atoms with E-state index in [0.717, 1.165) is 67.9 Å². The molecule has 0 aliphatic heterocycles. The zero-order chi connectivity index (χ0) is 39.5. The summed E-state index contributed by atoms with van der Waals surface area (Å²) in [6.07, 6.45) is 0. The predicted molar refractivity (Wildman–Crippen MR) is 250 cm³/mol. The van der Waals surface area contributed by atoms with Crippen molar-refractivity contribution in [1.82, 2.24) is 4.57 Å². The smallest absolute Gasteiger partial charge is 0.0782 e. The fourth-order valence-electron chi connectivity index (χ4n) is 8.32. The molecule has 1 heterocycles. The minimum absolute atomic E-state index is 1.04. The molecule has 0 amide bonds. The molecule has 0 saturated carbocycles. The van der Waals surface area contributed by atoms with Gasteiger partial charge in [0.25, 0.3) is 0 Å². The van der Waals surface area contributed by atoms with Crippen molar-refractivity contribution < 1.29 is 0 Å². The standard InChI is InChI=1S/C55H42N4/c1-41-35-37-46(38-36-41)57(44-23-10-4-11-24-44)48-28-17-30-50(40-48)58(49-29-16-27-47(39-49)56(42-19-6-2-7-20-42)43-21-8-3-9-22-43)54-34-18-32-52-51-31-14-15-33-53(51)59(55(52)54)45-25-12-5-13-26-45/h2-40H,1H3. The Balaban J connectivity index is 1.24. The molecule has 0 fully saturated rings. The first kappa shape index (κ1) is 35.6. The third-order valence-corrected chi connectivity index (χ3v) is 11.0. The van der Waals surface area contributed by atoms with Crippen molar-refractivity contribution in [3.8, 4) is 5.69 Å². The minimum Gasteiger partial charge on any atom is -0.310 e. The number of aromatic nitrogens is 1. The quantitative estimate of drug-likeness (QED) is 0.138. The normalized spacial score (nSPS) is 11.1. The molecule has 10 rings (SSSR count). The Bertz CT molecular complexity index is 2960. The molecule has 10 aromatic rings. The summed E-state index contributed by atoms with van der Waals surface area (Å²) in [6.45, 7) is 2.13. The van der Waals surface area contributed by atoms with E-state index in [4.69, 9.17) is 0 Å². The number of para-hydroxylation sites is 6. The van der Waals surface area contributed by atoms with E-state index in [-0.39, 0.29) is 0 Å². The van der Waals surface area contributed by atoms with E-state index in [0.29, 0.717) is 0 Å². The lowest BCUT2D eigenvalue weighted by Crippen LogP contribution is -2.15. The number of hydrogen-bond acceptors (Lipinski definition) is 3. The van der Waals surface area contributed by atoms with Crippen molar-refractivity contribution in [3.63, 3.8) is 0 Å². The highest BCUT2D eigenvalue weighted by Gasteiger charge is 2.24. The first-order valence-electron chi connectivity index (χ1n) is 20.1. The number of hydrogen-bond donors (Lipinski definition) is 0. The second-order valence-electron chi connectivity index (χ2n) is 14.7. The fraction of sp³-hybridized carbons (Fsp3) is 0.0182. The third kappa shape index (κ3) is 6.77. The van der Waals surface area contributed by atoms with Crippen molar-refractivity contribution in [2.75, 3.05) is 14.7 Å². The average molecular weight is 759 g/mol. The van der Waals surface area contributed by atoms with Gasteiger partial charge in [0, 0.05) is 62.0 Å². The first-order chi connectivity index (χ1) is 29.2. The zero-order valence-corrected chi connectivity index (χ0v) is 32.8. The molecule has 0 atom stereocenters. The van der Waals surface area contributed by atoms with E-state index >= 15 is 0 Å². The largest absolute Gasteiger partial charge is 0.310 e. The van der Waals surface area contributed by atoms with Crippen LogP contribution in [-0.4, -0.2) is 4.57 Å². The summed E-state index contributed by atoms with van der Waals surface area (Å²) in [5, 5.41) is 2.41. The Labute approximate surface area is 345 Å². The van der Waals surface area contributed by atoms with Crippen LogP contribution in [0.1, 0.15) is 5.56 Å². The molecular formula is C55H42N4. The molecule has 0 aliphatic rings. The predicted octanol–water partition coefficient (Wildman–Crippen LogP) is 15.5. The second kappa shape index (κ2) is 15.6. The van der Waals surface area contributed by atoms with Gasteiger partial charge in [0.1, 0.15) is 0 Å². The molecule has 1 aromatic heterocycles. The van der Waals surface area contributed by atoms with Gasteiger partial charge in [-0.1, -0.05) is 133 Å². The number of anilines is 9. The van der Waals surface area contributed by atoms with Crippen LogP contribution in [0, 0.1) is 6.92 Å². The van der Waals surface area contributed by atoms with Gasteiger partial charge in [-0.2, -0.15) is 0 Å². The van der Waals surface area contributed by atoms with Crippen LogP contribution in [0.5, 0.6) is 0 Å². The maximum atomic E-state index is 2.43. The lowest BCUT2D eigenvalue weighted by atomic mass is 10.1. The van der Waals surface area contributed by atoms with Crippen LogP contribution in [0.3, 0.4) is 0 Å². The maximum Gasteiger partial charge on any atom is 0.0782 e. The number of fused-ring (bicyclic) bond motifs is 3. The Hall–Kier alpha value is -7.82. The molecule has 282 valence electrons. The van der Waals surface area contributed by atoms with Gasteiger partial charge in [-0.15, -0.1) is 0 Å². The Morgan fingerprint density at radius 3 is 1.22 bits per heavy atom. The van der Waals surface area contributed by atoms with Crippen LogP contribution in [-0.2, 0) is 0 Å². The monoisotopic (exact) mass is 758 g/mol. The summed E-state index contributed by atoms with van der Waals surface area (Å²) in [6, 6.07) is 84.7. The van der Waals surface area contributed by atoms with Gasteiger partial charge in [-0.3, -0.25) is 0 Å². The van der Waals surface area contributed by atoms with Crippen molar-refractivity contribution in [1.29, 1.82) is 0 Å². The van der Waals surface area contributed by atoms with Crippen LogP contribution >= 0.6 is 0 Å². The van der Waals surface area contributed by atoms with Gasteiger partial charge < -0.3 is 19.3 Å². The molecule has 0 spiro atoms. The van der Waals surface area contributed by atoms with Gasteiger partial charge in [-0.05, 0) is 116 Å². The molecule has 0 aliphatic carbocycles. The molecule has 0 radical (unpaired) electrons. The first-order valence-corrected chi connectivity index (χ1v) is 20.1. The van der Waals surface area contributed by atoms with E-state index in [2.05, 4.69) is 263 Å². The maximum absolute atomic E-state index is 2.43. The number of aryl methyl sites for hydroxylation is 1. The van der Waals surface area contributed by atoms with Gasteiger partial charge in [0.05, 0.1) is 16.7 Å². The Morgan fingerprint density at radius 2 is 0.695 bits per heavy atom. The Morgan fingerprint density at radius 1 is 0.305 bits per heavy atom. The SMILES string of the molecule is Cc1ccc(N(c2ccccc2)c2cccc(N(c3cccc(N(c4ccccc4)c4ccccc4)c3)c3cccc4c5ccccc5n(-c5ccccc5)c34)c2)cc1. The van der Waals surface area contributed by atoms with Crippen LogP contribution in [0.15, 0.2) is 237 Å².